The number of nitrogens with one attached hydrogen (secondary N) is 2. The summed E-state index contributed by atoms with van der Waals surface area (Å²) in [7, 11) is -3.94. The molecule has 3 aromatic rings. The fourth-order valence-corrected chi connectivity index (χ4v) is 5.18. The molecule has 0 bridgehead atoms. The molecule has 0 saturated carbocycles. The average molecular weight is 472 g/mol. The topological polar surface area (TPSA) is 116 Å². The molecule has 0 saturated heterocycles. The lowest BCUT2D eigenvalue weighted by molar-refractivity contribution is -0.110. The summed E-state index contributed by atoms with van der Waals surface area (Å²) in [6.07, 6.45) is 1.47. The number of carboxylic acid groups (broad SMARTS) is 1. The summed E-state index contributed by atoms with van der Waals surface area (Å²) in [5.41, 5.74) is 2.35. The summed E-state index contributed by atoms with van der Waals surface area (Å²) >= 11 is 0. The van der Waals surface area contributed by atoms with E-state index in [0.717, 1.165) is 12.1 Å². The third kappa shape index (κ3) is 4.05. The zero-order chi connectivity index (χ0) is 24.1. The van der Waals surface area contributed by atoms with Gasteiger partial charge in [-0.2, -0.15) is 0 Å². The number of aromatic carboxylic acids is 1. The van der Waals surface area contributed by atoms with E-state index < -0.39 is 39.1 Å². The van der Waals surface area contributed by atoms with Gasteiger partial charge in [0.25, 0.3) is 5.91 Å². The molecular formula is C23H18F2N2O5S. The van der Waals surface area contributed by atoms with Gasteiger partial charge in [-0.25, -0.2) is 22.0 Å². The molecule has 1 amide bonds. The highest BCUT2D eigenvalue weighted by atomic mass is 32.2. The summed E-state index contributed by atoms with van der Waals surface area (Å²) in [4.78, 5) is 26.9. The van der Waals surface area contributed by atoms with Gasteiger partial charge in [-0.05, 0) is 61.4 Å². The lowest BCUT2D eigenvalue weighted by Gasteiger charge is -2.08. The van der Waals surface area contributed by atoms with Gasteiger partial charge in [0.2, 0.25) is 0 Å². The first-order chi connectivity index (χ1) is 15.5. The minimum absolute atomic E-state index is 0.0815. The van der Waals surface area contributed by atoms with E-state index >= 15 is 0 Å². The van der Waals surface area contributed by atoms with Gasteiger partial charge < -0.3 is 15.4 Å². The number of carboxylic acids is 1. The maximum Gasteiger partial charge on any atom is 0.337 e. The number of carbonyl (C=O) groups is 2. The number of fused-ring (bicyclic) bond motifs is 1. The zero-order valence-electron chi connectivity index (χ0n) is 17.5. The average Bonchev–Trinajstić information content (AvgIpc) is 3.19. The Bertz CT molecular complexity index is 1470. The predicted octanol–water partition coefficient (Wildman–Crippen LogP) is 4.07. The van der Waals surface area contributed by atoms with Crippen LogP contribution in [-0.2, 0) is 20.4 Å². The minimum atomic E-state index is -3.94. The normalized spacial score (nSPS) is 14.4. The Morgan fingerprint density at radius 2 is 1.82 bits per heavy atom. The van der Waals surface area contributed by atoms with Crippen LogP contribution in [0.25, 0.3) is 11.6 Å². The highest BCUT2D eigenvalue weighted by Gasteiger charge is 2.28. The molecule has 0 atom stereocenters. The fraction of sp³-hybridized carbons (Fsp3) is 0.130. The van der Waals surface area contributed by atoms with E-state index in [2.05, 4.69) is 10.3 Å². The van der Waals surface area contributed by atoms with Gasteiger partial charge in [0, 0.05) is 22.6 Å². The fourth-order valence-electron chi connectivity index (χ4n) is 3.82. The summed E-state index contributed by atoms with van der Waals surface area (Å²) in [5.74, 6) is -4.35. The SMILES string of the molecule is Cc1[nH]c(/C=C2\C(=O)Nc3ccc(S(=O)(=O)Cc4ccc(F)c(F)c4)cc32)c(C)c1C(=O)O. The molecule has 2 heterocycles. The van der Waals surface area contributed by atoms with E-state index in [1.807, 2.05) is 0 Å². The van der Waals surface area contributed by atoms with E-state index in [4.69, 9.17) is 0 Å². The van der Waals surface area contributed by atoms with Gasteiger partial charge in [0.15, 0.2) is 21.5 Å². The van der Waals surface area contributed by atoms with Crippen LogP contribution >= 0.6 is 0 Å². The number of anilines is 1. The van der Waals surface area contributed by atoms with E-state index in [1.165, 1.54) is 30.3 Å². The third-order valence-corrected chi connectivity index (χ3v) is 7.14. The van der Waals surface area contributed by atoms with Crippen molar-refractivity contribution >= 4 is 39.1 Å². The summed E-state index contributed by atoms with van der Waals surface area (Å²) < 4.78 is 52.5. The highest BCUT2D eigenvalue weighted by Crippen LogP contribution is 2.36. The van der Waals surface area contributed by atoms with Crippen LogP contribution in [0, 0.1) is 25.5 Å². The van der Waals surface area contributed by atoms with Crippen molar-refractivity contribution in [2.24, 2.45) is 0 Å². The third-order valence-electron chi connectivity index (χ3n) is 5.45. The Balaban J connectivity index is 1.74. The zero-order valence-corrected chi connectivity index (χ0v) is 18.3. The van der Waals surface area contributed by atoms with Crippen molar-refractivity contribution < 1.29 is 31.9 Å². The van der Waals surface area contributed by atoms with Crippen LogP contribution in [-0.4, -0.2) is 30.4 Å². The summed E-state index contributed by atoms with van der Waals surface area (Å²) in [6.45, 7) is 3.21. The molecule has 7 nitrogen and oxygen atoms in total. The van der Waals surface area contributed by atoms with Gasteiger partial charge in [-0.1, -0.05) is 6.07 Å². The maximum absolute atomic E-state index is 13.5. The lowest BCUT2D eigenvalue weighted by Crippen LogP contribution is -2.06. The molecule has 1 aliphatic heterocycles. The van der Waals surface area contributed by atoms with Crippen molar-refractivity contribution in [3.63, 3.8) is 0 Å². The molecule has 0 aliphatic carbocycles. The molecular weight excluding hydrogens is 454 g/mol. The number of aromatic amines is 1. The van der Waals surface area contributed by atoms with E-state index in [1.54, 1.807) is 13.8 Å². The van der Waals surface area contributed by atoms with Gasteiger partial charge in [-0.15, -0.1) is 0 Å². The number of aryl methyl sites for hydroxylation is 1. The number of halogens is 2. The maximum atomic E-state index is 13.5. The van der Waals surface area contributed by atoms with Crippen molar-refractivity contribution in [2.75, 3.05) is 5.32 Å². The molecule has 1 aromatic heterocycles. The molecule has 4 rings (SSSR count). The number of aromatic nitrogens is 1. The van der Waals surface area contributed by atoms with Crippen molar-refractivity contribution in [1.29, 1.82) is 0 Å². The van der Waals surface area contributed by atoms with Crippen LogP contribution < -0.4 is 5.32 Å². The Morgan fingerprint density at radius 3 is 2.45 bits per heavy atom. The number of rotatable bonds is 5. The number of sulfone groups is 1. The van der Waals surface area contributed by atoms with E-state index in [0.29, 0.717) is 28.2 Å². The molecule has 1 aliphatic rings. The second kappa shape index (κ2) is 7.96. The Hall–Kier alpha value is -3.79. The Morgan fingerprint density at radius 1 is 1.09 bits per heavy atom. The standard InChI is InChI=1S/C23H18F2N2O5S/c1-11-20(26-12(2)21(11)23(29)30)9-16-15-8-14(4-6-19(15)27-22(16)28)33(31,32)10-13-3-5-17(24)18(25)7-13/h3-9,26H,10H2,1-2H3,(H,27,28)(H,29,30)/b16-9-. The summed E-state index contributed by atoms with van der Waals surface area (Å²) in [6, 6.07) is 6.98. The van der Waals surface area contributed by atoms with Gasteiger partial charge in [-0.3, -0.25) is 4.79 Å². The molecule has 170 valence electrons. The summed E-state index contributed by atoms with van der Waals surface area (Å²) in [5, 5.41) is 12.0. The van der Waals surface area contributed by atoms with Crippen molar-refractivity contribution in [3.05, 3.63) is 81.7 Å². The van der Waals surface area contributed by atoms with Crippen LogP contribution in [0.15, 0.2) is 41.3 Å². The monoisotopic (exact) mass is 472 g/mol. The van der Waals surface area contributed by atoms with Crippen molar-refractivity contribution in [1.82, 2.24) is 4.98 Å². The number of hydrogen-bond acceptors (Lipinski definition) is 4. The Kier molecular flexibility index (Phi) is 5.41. The van der Waals surface area contributed by atoms with Crippen LogP contribution in [0.4, 0.5) is 14.5 Å². The number of hydrogen-bond donors (Lipinski definition) is 3. The first-order valence-electron chi connectivity index (χ1n) is 9.74. The van der Waals surface area contributed by atoms with Crippen LogP contribution in [0.2, 0.25) is 0 Å². The number of carbonyl (C=O) groups excluding carboxylic acids is 1. The Labute approximate surface area is 187 Å². The van der Waals surface area contributed by atoms with Gasteiger partial charge in [0.1, 0.15) is 0 Å². The molecule has 10 heteroatoms. The van der Waals surface area contributed by atoms with Crippen molar-refractivity contribution in [3.8, 4) is 0 Å². The number of H-pyrrole nitrogens is 1. The molecule has 33 heavy (non-hydrogen) atoms. The predicted molar refractivity (Wildman–Crippen MR) is 117 cm³/mol. The molecule has 0 spiro atoms. The smallest absolute Gasteiger partial charge is 0.337 e. The molecule has 2 aromatic carbocycles. The number of benzene rings is 2. The molecule has 3 N–H and O–H groups in total. The first kappa shape index (κ1) is 22.4. The highest BCUT2D eigenvalue weighted by molar-refractivity contribution is 7.90. The van der Waals surface area contributed by atoms with Gasteiger partial charge in [0.05, 0.1) is 21.8 Å². The molecule has 0 radical (unpaired) electrons. The largest absolute Gasteiger partial charge is 0.478 e. The minimum Gasteiger partial charge on any atom is -0.478 e. The lowest BCUT2D eigenvalue weighted by atomic mass is 10.0. The van der Waals surface area contributed by atoms with Crippen LogP contribution in [0.5, 0.6) is 0 Å². The number of amides is 1. The molecule has 0 unspecified atom stereocenters. The van der Waals surface area contributed by atoms with E-state index in [-0.39, 0.29) is 21.6 Å². The molecule has 0 fully saturated rings. The quantitative estimate of drug-likeness (QED) is 0.484. The van der Waals surface area contributed by atoms with Gasteiger partial charge >= 0.3 is 5.97 Å². The first-order valence-corrected chi connectivity index (χ1v) is 11.4. The van der Waals surface area contributed by atoms with Crippen LogP contribution in [0.3, 0.4) is 0 Å². The van der Waals surface area contributed by atoms with Crippen LogP contribution in [0.1, 0.15) is 38.4 Å². The second-order valence-corrected chi connectivity index (χ2v) is 9.69. The second-order valence-electron chi connectivity index (χ2n) is 7.70. The van der Waals surface area contributed by atoms with Crippen molar-refractivity contribution in [2.45, 2.75) is 24.5 Å². The van der Waals surface area contributed by atoms with E-state index in [9.17, 15) is 31.9 Å².